The third-order valence-electron chi connectivity index (χ3n) is 8.78. The van der Waals surface area contributed by atoms with Gasteiger partial charge in [0, 0.05) is 89.0 Å². The molecular weight excluding hydrogens is 561 g/mol. The number of benzene rings is 2. The van der Waals surface area contributed by atoms with E-state index in [4.69, 9.17) is 9.47 Å². The predicted octanol–water partition coefficient (Wildman–Crippen LogP) is 3.69. The number of carbonyl (C=O) groups excluding carboxylic acids is 1. The van der Waals surface area contributed by atoms with Crippen molar-refractivity contribution < 1.29 is 18.7 Å². The maximum absolute atomic E-state index is 13.7. The largest absolute Gasteiger partial charge is 0.493 e. The molecule has 3 saturated heterocycles. The minimum absolute atomic E-state index is 0.177. The number of likely N-dealkylation sites (tertiary alicyclic amines) is 1. The van der Waals surface area contributed by atoms with Crippen molar-refractivity contribution in [2.75, 3.05) is 103 Å². The normalized spacial score (nSPS) is 18.5. The molecule has 3 aromatic rings. The second-order valence-corrected chi connectivity index (χ2v) is 11.7. The van der Waals surface area contributed by atoms with Crippen LogP contribution in [0.4, 0.5) is 15.8 Å². The summed E-state index contributed by atoms with van der Waals surface area (Å²) < 4.78 is 24.9. The van der Waals surface area contributed by atoms with E-state index in [9.17, 15) is 9.18 Å². The molecule has 0 aliphatic carbocycles. The number of halogens is 1. The SMILES string of the molecule is CN1CCN(CCCOc2ccc3c(C4CCN(C=O)CC4)ncnc3c2)CC1.CNc1ccc(N2CCOCC2)c(F)c1. The molecular formula is C33H46FN7O3. The Morgan fingerprint density at radius 3 is 2.48 bits per heavy atom. The highest BCUT2D eigenvalue weighted by Gasteiger charge is 2.23. The maximum atomic E-state index is 13.7. The number of piperazine rings is 1. The molecule has 11 heteroatoms. The van der Waals surface area contributed by atoms with Gasteiger partial charge in [-0.15, -0.1) is 0 Å². The van der Waals surface area contributed by atoms with Crippen molar-refractivity contribution >= 4 is 28.7 Å². The van der Waals surface area contributed by atoms with E-state index in [1.165, 1.54) is 6.07 Å². The predicted molar refractivity (Wildman–Crippen MR) is 172 cm³/mol. The van der Waals surface area contributed by atoms with Crippen LogP contribution in [0.25, 0.3) is 10.9 Å². The number of rotatable bonds is 9. The molecule has 4 heterocycles. The molecule has 0 spiro atoms. The van der Waals surface area contributed by atoms with E-state index in [-0.39, 0.29) is 5.82 Å². The second kappa shape index (κ2) is 16.0. The van der Waals surface area contributed by atoms with Gasteiger partial charge in [0.25, 0.3) is 0 Å². The number of nitrogens with zero attached hydrogens (tertiary/aromatic N) is 6. The highest BCUT2D eigenvalue weighted by Crippen LogP contribution is 2.32. The average Bonchev–Trinajstić information content (AvgIpc) is 3.08. The van der Waals surface area contributed by atoms with Crippen molar-refractivity contribution in [3.63, 3.8) is 0 Å². The van der Waals surface area contributed by atoms with Crippen molar-refractivity contribution in [1.29, 1.82) is 0 Å². The van der Waals surface area contributed by atoms with Gasteiger partial charge < -0.3 is 34.4 Å². The van der Waals surface area contributed by atoms with Gasteiger partial charge in [-0.2, -0.15) is 0 Å². The fourth-order valence-electron chi connectivity index (χ4n) is 6.02. The van der Waals surface area contributed by atoms with Gasteiger partial charge in [-0.25, -0.2) is 14.4 Å². The number of anilines is 2. The van der Waals surface area contributed by atoms with Crippen molar-refractivity contribution in [2.45, 2.75) is 25.2 Å². The van der Waals surface area contributed by atoms with Crippen molar-refractivity contribution in [3.8, 4) is 5.75 Å². The third-order valence-corrected chi connectivity index (χ3v) is 8.78. The van der Waals surface area contributed by atoms with Gasteiger partial charge in [0.2, 0.25) is 6.41 Å². The lowest BCUT2D eigenvalue weighted by molar-refractivity contribution is -0.119. The van der Waals surface area contributed by atoms with Crippen LogP contribution in [0.3, 0.4) is 0 Å². The molecule has 3 fully saturated rings. The molecule has 0 unspecified atom stereocenters. The summed E-state index contributed by atoms with van der Waals surface area (Å²) in [6.07, 6.45) is 5.54. The first-order chi connectivity index (χ1) is 21.5. The molecule has 1 amide bonds. The lowest BCUT2D eigenvalue weighted by Gasteiger charge is -2.32. The Labute approximate surface area is 260 Å². The number of piperidine rings is 1. The number of hydrogen-bond acceptors (Lipinski definition) is 9. The fourth-order valence-corrected chi connectivity index (χ4v) is 6.02. The van der Waals surface area contributed by atoms with Gasteiger partial charge in [0.1, 0.15) is 17.9 Å². The smallest absolute Gasteiger partial charge is 0.209 e. The fraction of sp³-hybridized carbons (Fsp3) is 0.545. The van der Waals surface area contributed by atoms with Crippen molar-refractivity contribution in [2.24, 2.45) is 0 Å². The molecule has 10 nitrogen and oxygen atoms in total. The summed E-state index contributed by atoms with van der Waals surface area (Å²) in [6.45, 7) is 10.9. The van der Waals surface area contributed by atoms with Crippen LogP contribution in [0.5, 0.6) is 5.75 Å². The summed E-state index contributed by atoms with van der Waals surface area (Å²) in [7, 11) is 3.96. The van der Waals surface area contributed by atoms with Crippen LogP contribution in [-0.2, 0) is 9.53 Å². The lowest BCUT2D eigenvalue weighted by Crippen LogP contribution is -2.44. The number of carbonyl (C=O) groups is 1. The van der Waals surface area contributed by atoms with Gasteiger partial charge >= 0.3 is 0 Å². The number of fused-ring (bicyclic) bond motifs is 1. The van der Waals surface area contributed by atoms with Gasteiger partial charge in [-0.1, -0.05) is 0 Å². The van der Waals surface area contributed by atoms with E-state index in [1.807, 2.05) is 34.1 Å². The van der Waals surface area contributed by atoms with E-state index in [2.05, 4.69) is 38.2 Å². The molecule has 238 valence electrons. The first kappa shape index (κ1) is 31.9. The van der Waals surface area contributed by atoms with Gasteiger partial charge in [0.05, 0.1) is 36.7 Å². The maximum Gasteiger partial charge on any atom is 0.209 e. The molecule has 3 aliphatic heterocycles. The standard InChI is InChI=1S/C22H31N5O2.C11H15FN2O/c1-25-10-12-26(13-11-25)7-2-14-29-19-3-4-20-21(15-19)23-16-24-22(20)18-5-8-27(17-28)9-6-18;1-13-9-2-3-11(10(12)8-9)14-4-6-15-7-5-14/h3-4,15-18H,2,5-14H2,1H3;2-3,8,13H,4-7H2,1H3. The summed E-state index contributed by atoms with van der Waals surface area (Å²) in [4.78, 5) is 28.7. The number of morpholine rings is 1. The second-order valence-electron chi connectivity index (χ2n) is 11.7. The van der Waals surface area contributed by atoms with Crippen LogP contribution in [0.2, 0.25) is 0 Å². The van der Waals surface area contributed by atoms with E-state index in [0.29, 0.717) is 24.8 Å². The topological polar surface area (TPSA) is 86.3 Å². The summed E-state index contributed by atoms with van der Waals surface area (Å²) >= 11 is 0. The van der Waals surface area contributed by atoms with Crippen LogP contribution in [0.15, 0.2) is 42.7 Å². The average molecular weight is 608 g/mol. The number of likely N-dealkylation sites (N-methyl/N-ethyl adjacent to an activating group) is 1. The molecule has 0 radical (unpaired) electrons. The first-order valence-electron chi connectivity index (χ1n) is 15.8. The van der Waals surface area contributed by atoms with Crippen LogP contribution in [-0.4, -0.2) is 124 Å². The third kappa shape index (κ3) is 8.55. The monoisotopic (exact) mass is 607 g/mol. The Bertz CT molecular complexity index is 1340. The van der Waals surface area contributed by atoms with Crippen LogP contribution in [0, 0.1) is 5.82 Å². The highest BCUT2D eigenvalue weighted by atomic mass is 19.1. The van der Waals surface area contributed by atoms with Gasteiger partial charge in [0.15, 0.2) is 0 Å². The number of ether oxygens (including phenoxy) is 2. The van der Waals surface area contributed by atoms with Gasteiger partial charge in [-0.05, 0) is 56.6 Å². The minimum atomic E-state index is -0.177. The number of amides is 1. The quantitative estimate of drug-likeness (QED) is 0.289. The molecule has 3 aliphatic rings. The van der Waals surface area contributed by atoms with Crippen LogP contribution < -0.4 is 15.0 Å². The Kier molecular flexibility index (Phi) is 11.6. The van der Waals surface area contributed by atoms with Crippen LogP contribution in [0.1, 0.15) is 30.9 Å². The summed E-state index contributed by atoms with van der Waals surface area (Å²) in [5, 5.41) is 4.01. The van der Waals surface area contributed by atoms with Crippen molar-refractivity contribution in [3.05, 3.63) is 54.2 Å². The van der Waals surface area contributed by atoms with Crippen molar-refractivity contribution in [1.82, 2.24) is 24.7 Å². The molecule has 1 aromatic heterocycles. The van der Waals surface area contributed by atoms with E-state index in [1.54, 1.807) is 13.4 Å². The molecule has 2 aromatic carbocycles. The summed E-state index contributed by atoms with van der Waals surface area (Å²) in [5.41, 5.74) is 3.49. The lowest BCUT2D eigenvalue weighted by atomic mass is 9.91. The zero-order valence-electron chi connectivity index (χ0n) is 26.1. The highest BCUT2D eigenvalue weighted by molar-refractivity contribution is 5.82. The molecule has 6 rings (SSSR count). The number of hydrogen-bond donors (Lipinski definition) is 1. The van der Waals surface area contributed by atoms with E-state index >= 15 is 0 Å². The minimum Gasteiger partial charge on any atom is -0.493 e. The number of aromatic nitrogens is 2. The Balaban J connectivity index is 0.000000215. The zero-order valence-corrected chi connectivity index (χ0v) is 26.1. The summed E-state index contributed by atoms with van der Waals surface area (Å²) in [6, 6.07) is 11.4. The van der Waals surface area contributed by atoms with Crippen LogP contribution >= 0.6 is 0 Å². The molecule has 0 atom stereocenters. The number of nitrogens with one attached hydrogen (secondary N) is 1. The molecule has 44 heavy (non-hydrogen) atoms. The Morgan fingerprint density at radius 2 is 1.77 bits per heavy atom. The van der Waals surface area contributed by atoms with E-state index < -0.39 is 0 Å². The molecule has 0 saturated carbocycles. The first-order valence-corrected chi connectivity index (χ1v) is 15.8. The Hall–Kier alpha value is -3.54. The zero-order chi connectivity index (χ0) is 30.7. The van der Waals surface area contributed by atoms with Gasteiger partial charge in [-0.3, -0.25) is 4.79 Å². The summed E-state index contributed by atoms with van der Waals surface area (Å²) in [5.74, 6) is 1.08. The van der Waals surface area contributed by atoms with E-state index in [0.717, 1.165) is 119 Å². The molecule has 0 bridgehead atoms. The Morgan fingerprint density at radius 1 is 1.00 bits per heavy atom. The molecule has 1 N–H and O–H groups in total.